The van der Waals surface area contributed by atoms with Gasteiger partial charge in [-0.15, -0.1) is 0 Å². The second kappa shape index (κ2) is 8.48. The van der Waals surface area contributed by atoms with Gasteiger partial charge in [0.05, 0.1) is 16.8 Å². The van der Waals surface area contributed by atoms with Gasteiger partial charge in [-0.2, -0.15) is 0 Å². The molecule has 0 unspecified atom stereocenters. The molecule has 2 aromatic heterocycles. The molecule has 0 spiro atoms. The molecule has 5 rings (SSSR count). The molecule has 0 aliphatic carbocycles. The molecule has 0 saturated heterocycles. The van der Waals surface area contributed by atoms with Crippen molar-refractivity contribution in [3.63, 3.8) is 0 Å². The van der Waals surface area contributed by atoms with Crippen LogP contribution in [0.15, 0.2) is 66.9 Å². The molecule has 0 fully saturated rings. The van der Waals surface area contributed by atoms with E-state index >= 15 is 0 Å². The van der Waals surface area contributed by atoms with Crippen molar-refractivity contribution in [3.05, 3.63) is 101 Å². The van der Waals surface area contributed by atoms with E-state index in [9.17, 15) is 13.2 Å². The van der Waals surface area contributed by atoms with E-state index in [1.807, 2.05) is 30.3 Å². The van der Waals surface area contributed by atoms with Crippen molar-refractivity contribution in [2.24, 2.45) is 5.73 Å². The van der Waals surface area contributed by atoms with Crippen LogP contribution in [-0.2, 0) is 13.0 Å². The molecule has 5 aromatic rings. The van der Waals surface area contributed by atoms with Gasteiger partial charge >= 0.3 is 0 Å². The molecular formula is C25H19F3N4O. The summed E-state index contributed by atoms with van der Waals surface area (Å²) in [4.78, 5) is 10.3. The second-order valence-corrected chi connectivity index (χ2v) is 7.56. The number of imidazole rings is 1. The first-order valence-electron chi connectivity index (χ1n) is 10.3. The Labute approximate surface area is 187 Å². The Kier molecular flexibility index (Phi) is 5.35. The van der Waals surface area contributed by atoms with Gasteiger partial charge in [-0.05, 0) is 29.8 Å². The zero-order valence-corrected chi connectivity index (χ0v) is 17.3. The highest BCUT2D eigenvalue weighted by molar-refractivity contribution is 5.82. The van der Waals surface area contributed by atoms with Gasteiger partial charge in [-0.25, -0.2) is 18.2 Å². The first-order valence-corrected chi connectivity index (χ1v) is 10.3. The molecule has 33 heavy (non-hydrogen) atoms. The van der Waals surface area contributed by atoms with Gasteiger partial charge in [0.1, 0.15) is 17.4 Å². The summed E-state index contributed by atoms with van der Waals surface area (Å²) < 4.78 is 49.4. The molecule has 3 aromatic carbocycles. The smallest absolute Gasteiger partial charge is 0.199 e. The average molecular weight is 448 g/mol. The number of hydrogen-bond donors (Lipinski definition) is 3. The largest absolute Gasteiger partial charge is 0.451 e. The fourth-order valence-corrected chi connectivity index (χ4v) is 3.76. The van der Waals surface area contributed by atoms with Crippen LogP contribution in [0.2, 0.25) is 0 Å². The van der Waals surface area contributed by atoms with Crippen LogP contribution in [0.25, 0.3) is 22.3 Å². The minimum Gasteiger partial charge on any atom is -0.451 e. The summed E-state index contributed by atoms with van der Waals surface area (Å²) in [5.74, 6) is -2.52. The highest BCUT2D eigenvalue weighted by Crippen LogP contribution is 2.35. The van der Waals surface area contributed by atoms with Gasteiger partial charge < -0.3 is 20.4 Å². The van der Waals surface area contributed by atoms with E-state index < -0.39 is 23.2 Å². The van der Waals surface area contributed by atoms with Gasteiger partial charge in [0.2, 0.25) is 0 Å². The zero-order chi connectivity index (χ0) is 22.9. The number of ether oxygens (including phenoxy) is 1. The summed E-state index contributed by atoms with van der Waals surface area (Å²) in [6, 6.07) is 16.2. The van der Waals surface area contributed by atoms with Gasteiger partial charge in [0.15, 0.2) is 17.4 Å². The normalized spacial score (nSPS) is 11.3. The van der Waals surface area contributed by atoms with Crippen LogP contribution in [-0.4, -0.2) is 15.0 Å². The first-order chi connectivity index (χ1) is 16.0. The van der Waals surface area contributed by atoms with E-state index in [-0.39, 0.29) is 29.1 Å². The Morgan fingerprint density at radius 2 is 1.76 bits per heavy atom. The number of fused-ring (bicyclic) bond motifs is 1. The van der Waals surface area contributed by atoms with Crippen molar-refractivity contribution >= 4 is 10.9 Å². The molecule has 0 bridgehead atoms. The SMILES string of the molecule is NCc1nc(-c2cc(Oc3c(F)cc4[nH]ccc4c3F)ccc2F)[nH]c1Cc1ccccc1. The lowest BCUT2D eigenvalue weighted by molar-refractivity contribution is 0.410. The highest BCUT2D eigenvalue weighted by atomic mass is 19.1. The van der Waals surface area contributed by atoms with Crippen molar-refractivity contribution in [2.75, 3.05) is 0 Å². The second-order valence-electron chi connectivity index (χ2n) is 7.56. The Morgan fingerprint density at radius 1 is 0.939 bits per heavy atom. The molecule has 2 heterocycles. The predicted octanol–water partition coefficient (Wildman–Crippen LogP) is 5.82. The fraction of sp³-hybridized carbons (Fsp3) is 0.0800. The number of nitrogens with zero attached hydrogens (tertiary/aromatic N) is 1. The number of hydrogen-bond acceptors (Lipinski definition) is 3. The van der Waals surface area contributed by atoms with E-state index in [4.69, 9.17) is 10.5 Å². The molecule has 4 N–H and O–H groups in total. The standard InChI is InChI=1S/C25H19F3N4O/c26-18-7-6-15(33-24-19(27)12-20-16(23(24)28)8-9-30-20)11-17(18)25-31-21(22(13-29)32-25)10-14-4-2-1-3-5-14/h1-9,11-12,30H,10,13,29H2,(H,31,32). The maximum atomic E-state index is 14.8. The van der Waals surface area contributed by atoms with E-state index in [2.05, 4.69) is 15.0 Å². The van der Waals surface area contributed by atoms with Crippen molar-refractivity contribution in [1.82, 2.24) is 15.0 Å². The Bertz CT molecular complexity index is 1440. The summed E-state index contributed by atoms with van der Waals surface area (Å²) in [5.41, 5.74) is 8.68. The Balaban J connectivity index is 1.50. The number of benzene rings is 3. The maximum absolute atomic E-state index is 14.8. The molecule has 166 valence electrons. The van der Waals surface area contributed by atoms with Crippen LogP contribution < -0.4 is 10.5 Å². The van der Waals surface area contributed by atoms with Crippen LogP contribution in [0, 0.1) is 17.5 Å². The van der Waals surface area contributed by atoms with Gasteiger partial charge in [0, 0.05) is 36.3 Å². The van der Waals surface area contributed by atoms with Crippen molar-refractivity contribution in [1.29, 1.82) is 0 Å². The summed E-state index contributed by atoms with van der Waals surface area (Å²) in [5, 5.41) is 0.193. The average Bonchev–Trinajstić information content (AvgIpc) is 3.45. The highest BCUT2D eigenvalue weighted by Gasteiger charge is 2.19. The van der Waals surface area contributed by atoms with Crippen LogP contribution in [0.3, 0.4) is 0 Å². The number of aromatic amines is 2. The van der Waals surface area contributed by atoms with E-state index in [1.54, 1.807) is 0 Å². The third kappa shape index (κ3) is 3.96. The number of nitrogens with one attached hydrogen (secondary N) is 2. The van der Waals surface area contributed by atoms with E-state index in [0.717, 1.165) is 23.4 Å². The third-order valence-corrected chi connectivity index (χ3v) is 5.40. The summed E-state index contributed by atoms with van der Waals surface area (Å²) >= 11 is 0. The minimum absolute atomic E-state index is 0.0643. The van der Waals surface area contributed by atoms with Crippen molar-refractivity contribution in [2.45, 2.75) is 13.0 Å². The zero-order valence-electron chi connectivity index (χ0n) is 17.3. The predicted molar refractivity (Wildman–Crippen MR) is 119 cm³/mol. The molecule has 0 aliphatic heterocycles. The number of H-pyrrole nitrogens is 2. The molecule has 0 radical (unpaired) electrons. The molecule has 8 heteroatoms. The Hall–Kier alpha value is -4.04. The molecule has 0 atom stereocenters. The first kappa shape index (κ1) is 20.8. The van der Waals surface area contributed by atoms with Gasteiger partial charge in [-0.1, -0.05) is 30.3 Å². The molecule has 0 amide bonds. The number of rotatable bonds is 6. The Morgan fingerprint density at radius 3 is 2.55 bits per heavy atom. The van der Waals surface area contributed by atoms with Gasteiger partial charge in [0.25, 0.3) is 0 Å². The van der Waals surface area contributed by atoms with Crippen LogP contribution >= 0.6 is 0 Å². The van der Waals surface area contributed by atoms with E-state index in [1.165, 1.54) is 24.4 Å². The monoisotopic (exact) mass is 448 g/mol. The molecule has 5 nitrogen and oxygen atoms in total. The lowest BCUT2D eigenvalue weighted by atomic mass is 10.1. The molecule has 0 saturated carbocycles. The van der Waals surface area contributed by atoms with E-state index in [0.29, 0.717) is 17.6 Å². The van der Waals surface area contributed by atoms with Crippen LogP contribution in [0.1, 0.15) is 17.0 Å². The van der Waals surface area contributed by atoms with Crippen molar-refractivity contribution < 1.29 is 17.9 Å². The topological polar surface area (TPSA) is 79.7 Å². The number of aromatic nitrogens is 3. The third-order valence-electron chi connectivity index (χ3n) is 5.40. The minimum atomic E-state index is -0.873. The number of nitrogens with two attached hydrogens (primary N) is 1. The quantitative estimate of drug-likeness (QED) is 0.306. The summed E-state index contributed by atoms with van der Waals surface area (Å²) in [6.07, 6.45) is 2.05. The lowest BCUT2D eigenvalue weighted by Gasteiger charge is -2.10. The summed E-state index contributed by atoms with van der Waals surface area (Å²) in [6.45, 7) is 0.170. The van der Waals surface area contributed by atoms with Crippen LogP contribution in [0.4, 0.5) is 13.2 Å². The maximum Gasteiger partial charge on any atom is 0.199 e. The molecule has 0 aliphatic rings. The number of halogens is 3. The molecular weight excluding hydrogens is 429 g/mol. The fourth-order valence-electron chi connectivity index (χ4n) is 3.76. The van der Waals surface area contributed by atoms with Gasteiger partial charge in [-0.3, -0.25) is 0 Å². The van der Waals surface area contributed by atoms with Crippen LogP contribution in [0.5, 0.6) is 11.5 Å². The van der Waals surface area contributed by atoms with Crippen molar-refractivity contribution in [3.8, 4) is 22.9 Å². The lowest BCUT2D eigenvalue weighted by Crippen LogP contribution is -2.01. The summed E-state index contributed by atoms with van der Waals surface area (Å²) in [7, 11) is 0.